The third-order valence-electron chi connectivity index (χ3n) is 5.02. The van der Waals surface area contributed by atoms with Gasteiger partial charge in [0, 0.05) is 12.6 Å². The van der Waals surface area contributed by atoms with Crippen molar-refractivity contribution in [3.8, 4) is 5.75 Å². The first-order chi connectivity index (χ1) is 17.2. The van der Waals surface area contributed by atoms with Crippen molar-refractivity contribution in [2.45, 2.75) is 25.7 Å². The van der Waals surface area contributed by atoms with E-state index in [1.807, 2.05) is 0 Å². The van der Waals surface area contributed by atoms with E-state index >= 15 is 0 Å². The largest absolute Gasteiger partial charge is 0.492 e. The van der Waals surface area contributed by atoms with Gasteiger partial charge in [0.2, 0.25) is 5.91 Å². The van der Waals surface area contributed by atoms with Gasteiger partial charge in [0.1, 0.15) is 12.3 Å². The first-order valence-electron chi connectivity index (χ1n) is 11.2. The summed E-state index contributed by atoms with van der Waals surface area (Å²) < 4.78 is 33.7. The summed E-state index contributed by atoms with van der Waals surface area (Å²) in [4.78, 5) is 24.1. The fraction of sp³-hybridized carbons (Fsp3) is 0.192. The molecule has 2 amide bonds. The summed E-state index contributed by atoms with van der Waals surface area (Å²) in [5.41, 5.74) is 4.54. The molecular formula is C26H28N4O5S. The van der Waals surface area contributed by atoms with Gasteiger partial charge in [-0.15, -0.1) is 0 Å². The highest BCUT2D eigenvalue weighted by Gasteiger charge is 2.29. The van der Waals surface area contributed by atoms with E-state index in [4.69, 9.17) is 4.74 Å². The molecule has 10 heteroatoms. The number of benzene rings is 3. The van der Waals surface area contributed by atoms with E-state index in [0.29, 0.717) is 23.8 Å². The lowest BCUT2D eigenvalue weighted by molar-refractivity contribution is -0.119. The van der Waals surface area contributed by atoms with Crippen LogP contribution in [0.25, 0.3) is 0 Å². The van der Waals surface area contributed by atoms with Crippen molar-refractivity contribution < 1.29 is 22.7 Å². The molecule has 0 heterocycles. The van der Waals surface area contributed by atoms with Crippen molar-refractivity contribution in [3.05, 3.63) is 84.4 Å². The zero-order chi connectivity index (χ0) is 26.1. The smallest absolute Gasteiger partial charge is 0.264 e. The number of anilines is 2. The third kappa shape index (κ3) is 6.70. The molecule has 0 unspecified atom stereocenters. The van der Waals surface area contributed by atoms with Crippen LogP contribution in [-0.4, -0.2) is 39.1 Å². The molecule has 0 aliphatic carbocycles. The first-order valence-corrected chi connectivity index (χ1v) is 12.7. The summed E-state index contributed by atoms with van der Waals surface area (Å²) in [6.07, 6.45) is 0. The Morgan fingerprint density at radius 3 is 2.19 bits per heavy atom. The van der Waals surface area contributed by atoms with Crippen molar-refractivity contribution in [3.63, 3.8) is 0 Å². The molecule has 188 valence electrons. The summed E-state index contributed by atoms with van der Waals surface area (Å²) in [6, 6.07) is 21.5. The molecule has 3 aromatic rings. The molecule has 3 rings (SSSR count). The van der Waals surface area contributed by atoms with Crippen LogP contribution in [0.4, 0.5) is 11.4 Å². The van der Waals surface area contributed by atoms with Crippen LogP contribution < -0.4 is 19.8 Å². The summed E-state index contributed by atoms with van der Waals surface area (Å²) in [7, 11) is -4.09. The Balaban J connectivity index is 1.85. The highest BCUT2D eigenvalue weighted by Crippen LogP contribution is 2.32. The van der Waals surface area contributed by atoms with Crippen LogP contribution in [0.2, 0.25) is 0 Å². The minimum absolute atomic E-state index is 0.0445. The van der Waals surface area contributed by atoms with Crippen molar-refractivity contribution in [2.75, 3.05) is 22.8 Å². The number of rotatable bonds is 10. The van der Waals surface area contributed by atoms with Crippen molar-refractivity contribution in [1.29, 1.82) is 0 Å². The number of nitrogens with one attached hydrogen (secondary N) is 2. The van der Waals surface area contributed by atoms with Gasteiger partial charge in [-0.05, 0) is 55.8 Å². The molecule has 0 aromatic heterocycles. The molecule has 3 aromatic carbocycles. The van der Waals surface area contributed by atoms with E-state index in [1.165, 1.54) is 19.1 Å². The Labute approximate surface area is 210 Å². The number of ether oxygens (including phenoxy) is 1. The molecule has 2 N–H and O–H groups in total. The van der Waals surface area contributed by atoms with Gasteiger partial charge in [0.25, 0.3) is 15.9 Å². The molecule has 0 aliphatic rings. The quantitative estimate of drug-likeness (QED) is 0.319. The highest BCUT2D eigenvalue weighted by atomic mass is 32.2. The van der Waals surface area contributed by atoms with Gasteiger partial charge in [-0.2, -0.15) is 5.10 Å². The van der Waals surface area contributed by atoms with Crippen molar-refractivity contribution in [1.82, 2.24) is 5.43 Å². The number of hydrogen-bond acceptors (Lipinski definition) is 6. The lowest BCUT2D eigenvalue weighted by atomic mass is 10.1. The normalized spacial score (nSPS) is 11.5. The van der Waals surface area contributed by atoms with Crippen molar-refractivity contribution >= 4 is 38.9 Å². The number of sulfonamides is 1. The Kier molecular flexibility index (Phi) is 8.80. The second-order valence-corrected chi connectivity index (χ2v) is 9.58. The predicted molar refractivity (Wildman–Crippen MR) is 140 cm³/mol. The van der Waals surface area contributed by atoms with Crippen LogP contribution in [0.1, 0.15) is 26.3 Å². The van der Waals surface area contributed by atoms with E-state index in [-0.39, 0.29) is 16.5 Å². The van der Waals surface area contributed by atoms with Crippen LogP contribution in [0, 0.1) is 0 Å². The van der Waals surface area contributed by atoms with Crippen molar-refractivity contribution in [2.24, 2.45) is 5.10 Å². The molecule has 0 fully saturated rings. The summed E-state index contributed by atoms with van der Waals surface area (Å²) in [5, 5.41) is 6.80. The van der Waals surface area contributed by atoms with Crippen LogP contribution in [0.15, 0.2) is 88.9 Å². The van der Waals surface area contributed by atoms with Crippen LogP contribution in [0.5, 0.6) is 5.75 Å². The number of hydrogen-bond donors (Lipinski definition) is 2. The molecule has 36 heavy (non-hydrogen) atoms. The first kappa shape index (κ1) is 26.4. The number of amides is 2. The second-order valence-electron chi connectivity index (χ2n) is 7.72. The second kappa shape index (κ2) is 12.0. The fourth-order valence-electron chi connectivity index (χ4n) is 3.33. The number of hydrazone groups is 1. The van der Waals surface area contributed by atoms with E-state index in [2.05, 4.69) is 15.8 Å². The number of nitrogens with zero attached hydrogens (tertiary/aromatic N) is 2. The molecule has 0 aliphatic heterocycles. The number of carbonyl (C=O) groups excluding carboxylic acids is 2. The molecule has 0 bridgehead atoms. The third-order valence-corrected chi connectivity index (χ3v) is 6.80. The van der Waals surface area contributed by atoms with Gasteiger partial charge in [0.05, 0.1) is 22.9 Å². The Morgan fingerprint density at radius 2 is 1.56 bits per heavy atom. The van der Waals surface area contributed by atoms with Gasteiger partial charge in [-0.25, -0.2) is 13.8 Å². The maximum Gasteiger partial charge on any atom is 0.264 e. The average Bonchev–Trinajstić information content (AvgIpc) is 2.87. The fourth-order valence-corrected chi connectivity index (χ4v) is 4.79. The average molecular weight is 509 g/mol. The minimum Gasteiger partial charge on any atom is -0.492 e. The Hall–Kier alpha value is -4.18. The Morgan fingerprint density at radius 1 is 0.917 bits per heavy atom. The molecule has 9 nitrogen and oxygen atoms in total. The monoisotopic (exact) mass is 508 g/mol. The topological polar surface area (TPSA) is 117 Å². The molecule has 0 atom stereocenters. The standard InChI is InChI=1S/C26H28N4O5S/c1-4-35-25-13-9-8-12-24(25)30(36(33,34)23-10-6-5-7-11-23)18-26(32)29-28-19(2)21-14-16-22(17-15-21)27-20(3)31/h5-17H,4,18H2,1-3H3,(H,27,31)(H,29,32)/b28-19+. The maximum absolute atomic E-state index is 13.5. The predicted octanol–water partition coefficient (Wildman–Crippen LogP) is 3.78. The van der Waals surface area contributed by atoms with E-state index in [1.54, 1.807) is 80.6 Å². The molecule has 0 saturated heterocycles. The molecule has 0 spiro atoms. The van der Waals surface area contributed by atoms with Crippen LogP contribution in [-0.2, 0) is 19.6 Å². The lowest BCUT2D eigenvalue weighted by Gasteiger charge is -2.25. The summed E-state index contributed by atoms with van der Waals surface area (Å²) in [5.74, 6) is -0.470. The minimum atomic E-state index is -4.09. The summed E-state index contributed by atoms with van der Waals surface area (Å²) >= 11 is 0. The maximum atomic E-state index is 13.5. The number of para-hydroxylation sites is 2. The zero-order valence-corrected chi connectivity index (χ0v) is 21.1. The van der Waals surface area contributed by atoms with Gasteiger partial charge >= 0.3 is 0 Å². The van der Waals surface area contributed by atoms with E-state index in [9.17, 15) is 18.0 Å². The summed E-state index contributed by atoms with van der Waals surface area (Å²) in [6.45, 7) is 4.73. The molecule has 0 radical (unpaired) electrons. The van der Waals surface area contributed by atoms with Crippen LogP contribution >= 0.6 is 0 Å². The van der Waals surface area contributed by atoms with E-state index < -0.39 is 22.5 Å². The SMILES string of the molecule is CCOc1ccccc1N(CC(=O)N/N=C(\C)c1ccc(NC(C)=O)cc1)S(=O)(=O)c1ccccc1. The number of carbonyl (C=O) groups is 2. The van der Waals surface area contributed by atoms with Gasteiger partial charge in [-0.3, -0.25) is 13.9 Å². The zero-order valence-electron chi connectivity index (χ0n) is 20.3. The Bertz CT molecular complexity index is 1340. The van der Waals surface area contributed by atoms with E-state index in [0.717, 1.165) is 9.87 Å². The lowest BCUT2D eigenvalue weighted by Crippen LogP contribution is -2.40. The highest BCUT2D eigenvalue weighted by molar-refractivity contribution is 7.92. The van der Waals surface area contributed by atoms with Gasteiger partial charge in [-0.1, -0.05) is 42.5 Å². The van der Waals surface area contributed by atoms with Crippen LogP contribution in [0.3, 0.4) is 0 Å². The molecule has 0 saturated carbocycles. The van der Waals surface area contributed by atoms with Gasteiger partial charge < -0.3 is 10.1 Å². The van der Waals surface area contributed by atoms with Gasteiger partial charge in [0.15, 0.2) is 0 Å². The molecular weight excluding hydrogens is 480 g/mol.